The number of amides is 1. The highest BCUT2D eigenvalue weighted by Crippen LogP contribution is 2.20. The summed E-state index contributed by atoms with van der Waals surface area (Å²) in [5, 5.41) is 4.94. The van der Waals surface area contributed by atoms with E-state index in [0.717, 1.165) is 16.9 Å². The summed E-state index contributed by atoms with van der Waals surface area (Å²) in [4.78, 5) is 16.5. The molecule has 0 aliphatic rings. The maximum Gasteiger partial charge on any atom is 0.283 e. The van der Waals surface area contributed by atoms with Crippen molar-refractivity contribution < 1.29 is 4.79 Å². The minimum absolute atomic E-state index is 0.304. The van der Waals surface area contributed by atoms with Crippen LogP contribution < -0.4 is 11.2 Å². The number of nitrogens with zero attached hydrogens (tertiary/aromatic N) is 2. The third kappa shape index (κ3) is 3.55. The smallest absolute Gasteiger partial charge is 0.283 e. The first-order valence-electron chi connectivity index (χ1n) is 5.94. The van der Waals surface area contributed by atoms with Crippen molar-refractivity contribution in [3.8, 4) is 0 Å². The van der Waals surface area contributed by atoms with Gasteiger partial charge in [-0.2, -0.15) is 5.10 Å². The van der Waals surface area contributed by atoms with Crippen LogP contribution in [0.2, 0.25) is 5.02 Å². The fourth-order valence-electron chi connectivity index (χ4n) is 1.55. The van der Waals surface area contributed by atoms with Gasteiger partial charge in [-0.3, -0.25) is 4.79 Å². The first kappa shape index (κ1) is 14.5. The molecule has 0 bridgehead atoms. The second kappa shape index (κ2) is 6.49. The van der Waals surface area contributed by atoms with E-state index in [1.807, 2.05) is 6.92 Å². The highest BCUT2D eigenvalue weighted by Gasteiger charge is 2.15. The zero-order valence-corrected chi connectivity index (χ0v) is 12.3. The summed E-state index contributed by atoms with van der Waals surface area (Å²) in [5.41, 5.74) is 9.59. The molecule has 0 atom stereocenters. The van der Waals surface area contributed by atoms with Crippen LogP contribution in [0.5, 0.6) is 0 Å². The fourth-order valence-corrected chi connectivity index (χ4v) is 2.49. The van der Waals surface area contributed by atoms with Gasteiger partial charge in [0.25, 0.3) is 5.91 Å². The van der Waals surface area contributed by atoms with Gasteiger partial charge >= 0.3 is 0 Å². The van der Waals surface area contributed by atoms with Crippen molar-refractivity contribution in [2.45, 2.75) is 13.3 Å². The first-order valence-corrected chi connectivity index (χ1v) is 7.13. The van der Waals surface area contributed by atoms with Crippen molar-refractivity contribution in [2.24, 2.45) is 5.10 Å². The Bertz CT molecular complexity index is 636. The highest BCUT2D eigenvalue weighted by atomic mass is 35.5. The van der Waals surface area contributed by atoms with Gasteiger partial charge in [0.05, 0.1) is 11.9 Å². The molecular formula is C13H13ClN4OS. The SMILES string of the molecule is CCc1nc(N)sc1C(=O)N/N=C\c1ccc(Cl)cc1. The van der Waals surface area contributed by atoms with Gasteiger partial charge in [0.2, 0.25) is 0 Å². The average Bonchev–Trinajstić information content (AvgIpc) is 2.82. The van der Waals surface area contributed by atoms with Crippen LogP contribution in [0.3, 0.4) is 0 Å². The molecule has 5 nitrogen and oxygen atoms in total. The van der Waals surface area contributed by atoms with Gasteiger partial charge in [-0.05, 0) is 24.1 Å². The molecule has 1 amide bonds. The van der Waals surface area contributed by atoms with E-state index in [2.05, 4.69) is 15.5 Å². The zero-order valence-electron chi connectivity index (χ0n) is 10.8. The van der Waals surface area contributed by atoms with Gasteiger partial charge in [-0.1, -0.05) is 42.0 Å². The molecule has 104 valence electrons. The van der Waals surface area contributed by atoms with E-state index in [-0.39, 0.29) is 5.91 Å². The summed E-state index contributed by atoms with van der Waals surface area (Å²) < 4.78 is 0. The maximum absolute atomic E-state index is 12.0. The fraction of sp³-hybridized carbons (Fsp3) is 0.154. The molecule has 0 radical (unpaired) electrons. The number of aryl methyl sites for hydroxylation is 1. The van der Waals surface area contributed by atoms with Gasteiger partial charge < -0.3 is 5.73 Å². The Morgan fingerprint density at radius 2 is 2.20 bits per heavy atom. The summed E-state index contributed by atoms with van der Waals surface area (Å²) in [6.07, 6.45) is 2.20. The summed E-state index contributed by atoms with van der Waals surface area (Å²) in [7, 11) is 0. The monoisotopic (exact) mass is 308 g/mol. The van der Waals surface area contributed by atoms with Crippen LogP contribution in [0.4, 0.5) is 5.13 Å². The summed E-state index contributed by atoms with van der Waals surface area (Å²) >= 11 is 6.94. The molecule has 1 aromatic heterocycles. The molecule has 20 heavy (non-hydrogen) atoms. The molecule has 2 aromatic rings. The molecule has 1 heterocycles. The van der Waals surface area contributed by atoms with Crippen LogP contribution in [-0.2, 0) is 6.42 Å². The molecule has 0 unspecified atom stereocenters. The van der Waals surface area contributed by atoms with Crippen molar-refractivity contribution in [2.75, 3.05) is 5.73 Å². The lowest BCUT2D eigenvalue weighted by Gasteiger charge is -1.98. The summed E-state index contributed by atoms with van der Waals surface area (Å²) in [5.74, 6) is -0.304. The van der Waals surface area contributed by atoms with Gasteiger partial charge in [-0.25, -0.2) is 10.4 Å². The standard InChI is InChI=1S/C13H13ClN4OS/c1-2-10-11(20-13(15)17-10)12(19)18-16-7-8-3-5-9(14)6-4-8/h3-7H,2H2,1H3,(H2,15,17)(H,18,19)/b16-7-. The number of hydrogen-bond acceptors (Lipinski definition) is 5. The predicted molar refractivity (Wildman–Crippen MR) is 82.4 cm³/mol. The van der Waals surface area contributed by atoms with Gasteiger partial charge in [-0.15, -0.1) is 0 Å². The average molecular weight is 309 g/mol. The van der Waals surface area contributed by atoms with E-state index in [1.54, 1.807) is 30.5 Å². The summed E-state index contributed by atoms with van der Waals surface area (Å²) in [6, 6.07) is 7.12. The number of hydrazone groups is 1. The minimum Gasteiger partial charge on any atom is -0.375 e. The number of nitrogens with one attached hydrogen (secondary N) is 1. The Morgan fingerprint density at radius 3 is 2.85 bits per heavy atom. The molecule has 0 saturated carbocycles. The Kier molecular flexibility index (Phi) is 4.70. The van der Waals surface area contributed by atoms with Crippen LogP contribution in [0, 0.1) is 0 Å². The lowest BCUT2D eigenvalue weighted by atomic mass is 10.2. The van der Waals surface area contributed by atoms with Crippen LogP contribution in [0.25, 0.3) is 0 Å². The molecular weight excluding hydrogens is 296 g/mol. The number of hydrogen-bond donors (Lipinski definition) is 2. The number of nitrogens with two attached hydrogens (primary N) is 1. The molecule has 2 rings (SSSR count). The van der Waals surface area contributed by atoms with E-state index in [9.17, 15) is 4.79 Å². The van der Waals surface area contributed by atoms with Crippen LogP contribution >= 0.6 is 22.9 Å². The normalized spacial score (nSPS) is 10.9. The molecule has 0 aliphatic heterocycles. The summed E-state index contributed by atoms with van der Waals surface area (Å²) in [6.45, 7) is 1.92. The van der Waals surface area contributed by atoms with Crippen LogP contribution in [0.15, 0.2) is 29.4 Å². The van der Waals surface area contributed by atoms with Crippen molar-refractivity contribution in [3.63, 3.8) is 0 Å². The van der Waals surface area contributed by atoms with Crippen molar-refractivity contribution in [1.29, 1.82) is 0 Å². The number of anilines is 1. The number of halogens is 1. The molecule has 0 spiro atoms. The number of carbonyl (C=O) groups is 1. The Hall–Kier alpha value is -1.92. The predicted octanol–water partition coefficient (Wildman–Crippen LogP) is 2.71. The number of thiazole rings is 1. The topological polar surface area (TPSA) is 80.4 Å². The number of aromatic nitrogens is 1. The second-order valence-electron chi connectivity index (χ2n) is 3.93. The van der Waals surface area contributed by atoms with E-state index >= 15 is 0 Å². The first-order chi connectivity index (χ1) is 9.60. The molecule has 0 fully saturated rings. The third-order valence-electron chi connectivity index (χ3n) is 2.50. The molecule has 3 N–H and O–H groups in total. The third-order valence-corrected chi connectivity index (χ3v) is 3.68. The van der Waals surface area contributed by atoms with Crippen molar-refractivity contribution >= 4 is 40.2 Å². The van der Waals surface area contributed by atoms with E-state index in [4.69, 9.17) is 17.3 Å². The minimum atomic E-state index is -0.304. The van der Waals surface area contributed by atoms with Gasteiger partial charge in [0.1, 0.15) is 4.88 Å². The number of benzene rings is 1. The van der Waals surface area contributed by atoms with E-state index in [1.165, 1.54) is 0 Å². The highest BCUT2D eigenvalue weighted by molar-refractivity contribution is 7.17. The number of rotatable bonds is 4. The molecule has 0 saturated heterocycles. The lowest BCUT2D eigenvalue weighted by Crippen LogP contribution is -2.17. The maximum atomic E-state index is 12.0. The van der Waals surface area contributed by atoms with Crippen molar-refractivity contribution in [1.82, 2.24) is 10.4 Å². The molecule has 0 aliphatic carbocycles. The lowest BCUT2D eigenvalue weighted by molar-refractivity contribution is 0.0958. The van der Waals surface area contributed by atoms with E-state index < -0.39 is 0 Å². The van der Waals surface area contributed by atoms with Crippen LogP contribution in [-0.4, -0.2) is 17.1 Å². The van der Waals surface area contributed by atoms with Crippen LogP contribution in [0.1, 0.15) is 27.9 Å². The number of carbonyl (C=O) groups excluding carboxylic acids is 1. The van der Waals surface area contributed by atoms with Gasteiger partial charge in [0.15, 0.2) is 5.13 Å². The Labute approximate surface area is 125 Å². The van der Waals surface area contributed by atoms with Crippen molar-refractivity contribution in [3.05, 3.63) is 45.4 Å². The molecule has 1 aromatic carbocycles. The van der Waals surface area contributed by atoms with Gasteiger partial charge in [0, 0.05) is 5.02 Å². The molecule has 7 heteroatoms. The quantitative estimate of drug-likeness (QED) is 0.673. The Morgan fingerprint density at radius 1 is 1.50 bits per heavy atom. The second-order valence-corrected chi connectivity index (χ2v) is 5.40. The van der Waals surface area contributed by atoms with E-state index in [0.29, 0.717) is 27.1 Å². The zero-order chi connectivity index (χ0) is 14.5. The number of nitrogen functional groups attached to an aromatic ring is 1. The largest absolute Gasteiger partial charge is 0.375 e. The Balaban J connectivity index is 2.03.